The normalized spacial score (nSPS) is 21.2. The van der Waals surface area contributed by atoms with Gasteiger partial charge in [0.15, 0.2) is 0 Å². The number of hydrogen-bond acceptors (Lipinski definition) is 5. The average molecular weight is 505 g/mol. The Bertz CT molecular complexity index is 1060. The van der Waals surface area contributed by atoms with E-state index in [2.05, 4.69) is 51.2 Å². The summed E-state index contributed by atoms with van der Waals surface area (Å²) >= 11 is 0. The second-order valence-corrected chi connectivity index (χ2v) is 11.1. The standard InChI is InChI=1S/C30H40N4O3/c1-24(35)34-20-26(21-34)29(36)33-16-13-30(14-17-33)12-6-4-9-25-8-2-3-11-28(25)37-19-18-32(23-30)22-27-10-5-7-15-31-27/h2-3,5,7-8,10-11,15,26H,4,6,9,12-14,16-23H2,1H3. The molecule has 1 aromatic carbocycles. The lowest BCUT2D eigenvalue weighted by atomic mass is 9.73. The first-order valence-corrected chi connectivity index (χ1v) is 13.9. The second-order valence-electron chi connectivity index (χ2n) is 11.1. The number of hydrogen-bond donors (Lipinski definition) is 0. The number of carbonyl (C=O) groups is 2. The van der Waals surface area contributed by atoms with E-state index in [-0.39, 0.29) is 23.1 Å². The zero-order valence-corrected chi connectivity index (χ0v) is 22.1. The third-order valence-corrected chi connectivity index (χ3v) is 8.52. The van der Waals surface area contributed by atoms with E-state index in [1.807, 2.05) is 12.3 Å². The highest BCUT2D eigenvalue weighted by molar-refractivity contribution is 5.83. The van der Waals surface area contributed by atoms with Crippen molar-refractivity contribution in [3.8, 4) is 5.75 Å². The number of aryl methyl sites for hydroxylation is 1. The van der Waals surface area contributed by atoms with E-state index < -0.39 is 0 Å². The Morgan fingerprint density at radius 1 is 0.973 bits per heavy atom. The fourth-order valence-corrected chi connectivity index (χ4v) is 6.20. The van der Waals surface area contributed by atoms with Crippen molar-refractivity contribution >= 4 is 11.8 Å². The zero-order valence-electron chi connectivity index (χ0n) is 22.1. The Morgan fingerprint density at radius 3 is 2.51 bits per heavy atom. The van der Waals surface area contributed by atoms with Crippen LogP contribution in [0.2, 0.25) is 0 Å². The van der Waals surface area contributed by atoms with Crippen LogP contribution in [0.25, 0.3) is 0 Å². The molecule has 3 aliphatic heterocycles. The highest BCUT2D eigenvalue weighted by Crippen LogP contribution is 2.39. The maximum Gasteiger partial charge on any atom is 0.229 e. The van der Waals surface area contributed by atoms with Crippen LogP contribution in [0, 0.1) is 11.3 Å². The Kier molecular flexibility index (Phi) is 8.08. The van der Waals surface area contributed by atoms with Gasteiger partial charge in [-0.3, -0.25) is 19.5 Å². The first-order valence-electron chi connectivity index (χ1n) is 13.9. The number of para-hydroxylation sites is 1. The van der Waals surface area contributed by atoms with Gasteiger partial charge in [-0.25, -0.2) is 0 Å². The summed E-state index contributed by atoms with van der Waals surface area (Å²) in [6.07, 6.45) is 8.47. The fourth-order valence-electron chi connectivity index (χ4n) is 6.20. The lowest BCUT2D eigenvalue weighted by molar-refractivity contribution is -0.149. The van der Waals surface area contributed by atoms with Gasteiger partial charge in [0.25, 0.3) is 0 Å². The highest BCUT2D eigenvalue weighted by atomic mass is 16.5. The van der Waals surface area contributed by atoms with Crippen molar-refractivity contribution in [1.29, 1.82) is 0 Å². The third kappa shape index (κ3) is 6.32. The highest BCUT2D eigenvalue weighted by Gasteiger charge is 2.41. The molecule has 198 valence electrons. The molecule has 1 spiro atoms. The van der Waals surface area contributed by atoms with Gasteiger partial charge in [-0.05, 0) is 61.3 Å². The molecule has 0 unspecified atom stereocenters. The van der Waals surface area contributed by atoms with Gasteiger partial charge in [0.05, 0.1) is 11.6 Å². The minimum absolute atomic E-state index is 0.0212. The number of amides is 2. The predicted molar refractivity (Wildman–Crippen MR) is 143 cm³/mol. The summed E-state index contributed by atoms with van der Waals surface area (Å²) < 4.78 is 6.28. The summed E-state index contributed by atoms with van der Waals surface area (Å²) in [4.78, 5) is 35.6. The molecule has 0 bridgehead atoms. The predicted octanol–water partition coefficient (Wildman–Crippen LogP) is 3.78. The fraction of sp³-hybridized carbons (Fsp3) is 0.567. The number of aromatic nitrogens is 1. The summed E-state index contributed by atoms with van der Waals surface area (Å²) in [5.41, 5.74) is 2.57. The average Bonchev–Trinajstić information content (AvgIpc) is 2.86. The topological polar surface area (TPSA) is 66.0 Å². The molecular weight excluding hydrogens is 464 g/mol. The minimum Gasteiger partial charge on any atom is -0.492 e. The van der Waals surface area contributed by atoms with Gasteiger partial charge < -0.3 is 14.5 Å². The SMILES string of the molecule is CC(=O)N1CC(C(=O)N2CCC3(CCCCc4ccccc4OCCN(Cc4ccccn4)C3)CC2)C1. The van der Waals surface area contributed by atoms with Crippen molar-refractivity contribution in [3.05, 3.63) is 59.9 Å². The van der Waals surface area contributed by atoms with E-state index >= 15 is 0 Å². The van der Waals surface area contributed by atoms with Crippen molar-refractivity contribution in [1.82, 2.24) is 19.7 Å². The lowest BCUT2D eigenvalue weighted by Crippen LogP contribution is -2.57. The molecule has 0 N–H and O–H groups in total. The van der Waals surface area contributed by atoms with Gasteiger partial charge in [-0.1, -0.05) is 30.7 Å². The molecule has 2 fully saturated rings. The van der Waals surface area contributed by atoms with Crippen molar-refractivity contribution in [2.24, 2.45) is 11.3 Å². The molecule has 5 rings (SSSR count). The van der Waals surface area contributed by atoms with Crippen LogP contribution in [-0.4, -0.2) is 77.4 Å². The first kappa shape index (κ1) is 25.7. The van der Waals surface area contributed by atoms with Crippen molar-refractivity contribution < 1.29 is 14.3 Å². The summed E-state index contributed by atoms with van der Waals surface area (Å²) in [5, 5.41) is 0. The summed E-state index contributed by atoms with van der Waals surface area (Å²) in [6, 6.07) is 14.6. The van der Waals surface area contributed by atoms with E-state index in [1.54, 1.807) is 11.8 Å². The molecule has 7 heteroatoms. The van der Waals surface area contributed by atoms with Crippen LogP contribution < -0.4 is 4.74 Å². The number of rotatable bonds is 3. The van der Waals surface area contributed by atoms with Gasteiger partial charge in [0.1, 0.15) is 12.4 Å². The largest absolute Gasteiger partial charge is 0.492 e. The van der Waals surface area contributed by atoms with Crippen LogP contribution in [0.15, 0.2) is 48.7 Å². The van der Waals surface area contributed by atoms with Gasteiger partial charge >= 0.3 is 0 Å². The molecule has 0 aliphatic carbocycles. The molecule has 4 heterocycles. The maximum atomic E-state index is 13.1. The molecule has 7 nitrogen and oxygen atoms in total. The number of benzene rings is 1. The number of ether oxygens (including phenoxy) is 1. The summed E-state index contributed by atoms with van der Waals surface area (Å²) in [5.74, 6) is 1.29. The smallest absolute Gasteiger partial charge is 0.229 e. The molecular formula is C30H40N4O3. The Labute approximate surface area is 220 Å². The number of nitrogens with zero attached hydrogens (tertiary/aromatic N) is 4. The molecule has 2 amide bonds. The summed E-state index contributed by atoms with van der Waals surface area (Å²) in [7, 11) is 0. The van der Waals surface area contributed by atoms with Crippen LogP contribution >= 0.6 is 0 Å². The number of fused-ring (bicyclic) bond motifs is 1. The van der Waals surface area contributed by atoms with Crippen molar-refractivity contribution in [2.45, 2.75) is 52.0 Å². The van der Waals surface area contributed by atoms with E-state index in [9.17, 15) is 9.59 Å². The van der Waals surface area contributed by atoms with E-state index in [0.29, 0.717) is 19.7 Å². The molecule has 2 aromatic rings. The van der Waals surface area contributed by atoms with E-state index in [1.165, 1.54) is 18.4 Å². The molecule has 0 radical (unpaired) electrons. The van der Waals surface area contributed by atoms with E-state index in [0.717, 1.165) is 69.9 Å². The summed E-state index contributed by atoms with van der Waals surface area (Å²) in [6.45, 7) is 7.66. The van der Waals surface area contributed by atoms with Crippen LogP contribution in [0.3, 0.4) is 0 Å². The van der Waals surface area contributed by atoms with Crippen LogP contribution in [0.4, 0.5) is 0 Å². The quantitative estimate of drug-likeness (QED) is 0.637. The monoisotopic (exact) mass is 504 g/mol. The first-order chi connectivity index (χ1) is 18.0. The minimum atomic E-state index is -0.0212. The number of piperidine rings is 1. The molecule has 2 saturated heterocycles. The molecule has 0 atom stereocenters. The second kappa shape index (κ2) is 11.6. The molecule has 0 saturated carbocycles. The Morgan fingerprint density at radius 2 is 1.76 bits per heavy atom. The number of likely N-dealkylation sites (tertiary alicyclic amines) is 2. The number of carbonyl (C=O) groups excluding carboxylic acids is 2. The zero-order chi connectivity index (χ0) is 25.7. The molecule has 1 aromatic heterocycles. The van der Waals surface area contributed by atoms with Crippen LogP contribution in [0.1, 0.15) is 50.3 Å². The van der Waals surface area contributed by atoms with E-state index in [4.69, 9.17) is 4.74 Å². The Balaban J connectivity index is 1.27. The van der Waals surface area contributed by atoms with Crippen molar-refractivity contribution in [2.75, 3.05) is 45.9 Å². The Hall–Kier alpha value is -2.93. The molecule has 37 heavy (non-hydrogen) atoms. The van der Waals surface area contributed by atoms with Gasteiger partial charge in [-0.15, -0.1) is 0 Å². The van der Waals surface area contributed by atoms with Gasteiger partial charge in [0, 0.05) is 58.9 Å². The van der Waals surface area contributed by atoms with Gasteiger partial charge in [0.2, 0.25) is 11.8 Å². The van der Waals surface area contributed by atoms with Gasteiger partial charge in [-0.2, -0.15) is 0 Å². The lowest BCUT2D eigenvalue weighted by Gasteiger charge is -2.47. The van der Waals surface area contributed by atoms with Crippen molar-refractivity contribution in [3.63, 3.8) is 0 Å². The molecule has 3 aliphatic rings. The number of pyridine rings is 1. The third-order valence-electron chi connectivity index (χ3n) is 8.52. The van der Waals surface area contributed by atoms with Crippen LogP contribution in [-0.2, 0) is 22.6 Å². The maximum absolute atomic E-state index is 13.1. The van der Waals surface area contributed by atoms with Crippen LogP contribution in [0.5, 0.6) is 5.75 Å².